The fraction of sp³-hybridized carbons (Fsp3) is 0.381. The monoisotopic (exact) mass is 367 g/mol. The Kier molecular flexibility index (Phi) is 6.40. The maximum absolute atomic E-state index is 12.7. The van der Waals surface area contributed by atoms with Gasteiger partial charge in [0.25, 0.3) is 5.56 Å². The van der Waals surface area contributed by atoms with Crippen LogP contribution < -0.4 is 10.3 Å². The van der Waals surface area contributed by atoms with E-state index in [9.17, 15) is 14.9 Å². The summed E-state index contributed by atoms with van der Waals surface area (Å²) in [5.41, 5.74) is 2.86. The van der Waals surface area contributed by atoms with Crippen LogP contribution in [0.1, 0.15) is 47.3 Å². The number of nitriles is 1. The molecule has 1 amide bonds. The van der Waals surface area contributed by atoms with E-state index in [1.165, 1.54) is 0 Å². The number of aromatic amines is 1. The standard InChI is InChI=1S/C21H25N3O3/c1-13-16(14(2)23-21(26)18(13)12-22)10-11-20(25)24(4)15(3)17-8-6-7-9-19(17)27-5/h6-9,15H,10-11H2,1-5H3,(H,23,26). The van der Waals surface area contributed by atoms with Crippen molar-refractivity contribution < 1.29 is 9.53 Å². The molecule has 27 heavy (non-hydrogen) atoms. The lowest BCUT2D eigenvalue weighted by Gasteiger charge is -2.27. The number of methoxy groups -OCH3 is 1. The molecule has 1 aromatic carbocycles. The van der Waals surface area contributed by atoms with Crippen molar-refractivity contribution in [2.45, 2.75) is 39.7 Å². The second kappa shape index (κ2) is 8.54. The number of benzene rings is 1. The van der Waals surface area contributed by atoms with E-state index in [1.54, 1.807) is 32.9 Å². The van der Waals surface area contributed by atoms with Gasteiger partial charge in [0.2, 0.25) is 5.91 Å². The summed E-state index contributed by atoms with van der Waals surface area (Å²) in [6.07, 6.45) is 0.750. The fourth-order valence-electron chi connectivity index (χ4n) is 3.26. The molecule has 2 rings (SSSR count). The van der Waals surface area contributed by atoms with Gasteiger partial charge in [-0.15, -0.1) is 0 Å². The smallest absolute Gasteiger partial charge is 0.266 e. The Labute approximate surface area is 159 Å². The van der Waals surface area contributed by atoms with Crippen molar-refractivity contribution in [3.8, 4) is 11.8 Å². The lowest BCUT2D eigenvalue weighted by Crippen LogP contribution is -2.30. The summed E-state index contributed by atoms with van der Waals surface area (Å²) in [7, 11) is 3.38. The number of hydrogen-bond donors (Lipinski definition) is 1. The number of amides is 1. The number of H-pyrrole nitrogens is 1. The Bertz CT molecular complexity index is 941. The van der Waals surface area contributed by atoms with Crippen molar-refractivity contribution in [3.63, 3.8) is 0 Å². The highest BCUT2D eigenvalue weighted by Gasteiger charge is 2.21. The van der Waals surface area contributed by atoms with Crippen LogP contribution >= 0.6 is 0 Å². The molecule has 0 aliphatic heterocycles. The van der Waals surface area contributed by atoms with Gasteiger partial charge in [0.1, 0.15) is 17.4 Å². The van der Waals surface area contributed by atoms with E-state index < -0.39 is 0 Å². The van der Waals surface area contributed by atoms with Crippen molar-refractivity contribution in [3.05, 3.63) is 62.6 Å². The van der Waals surface area contributed by atoms with Crippen LogP contribution in [-0.2, 0) is 11.2 Å². The number of pyridine rings is 1. The molecule has 0 aliphatic carbocycles. The van der Waals surface area contributed by atoms with Gasteiger partial charge in [-0.2, -0.15) is 5.26 Å². The lowest BCUT2D eigenvalue weighted by atomic mass is 9.98. The molecule has 0 fully saturated rings. The van der Waals surface area contributed by atoms with Gasteiger partial charge in [0, 0.05) is 24.7 Å². The highest BCUT2D eigenvalue weighted by Crippen LogP contribution is 2.28. The second-order valence-electron chi connectivity index (χ2n) is 6.59. The molecule has 1 N–H and O–H groups in total. The number of hydrogen-bond acceptors (Lipinski definition) is 4. The van der Waals surface area contributed by atoms with Gasteiger partial charge in [-0.05, 0) is 44.4 Å². The zero-order valence-electron chi connectivity index (χ0n) is 16.4. The third-order valence-corrected chi connectivity index (χ3v) is 5.07. The average molecular weight is 367 g/mol. The van der Waals surface area contributed by atoms with E-state index in [0.29, 0.717) is 17.7 Å². The van der Waals surface area contributed by atoms with Gasteiger partial charge in [-0.3, -0.25) is 9.59 Å². The molecule has 0 spiro atoms. The third kappa shape index (κ3) is 4.20. The zero-order chi connectivity index (χ0) is 20.1. The number of nitrogens with one attached hydrogen (secondary N) is 1. The Morgan fingerprint density at radius 2 is 2.00 bits per heavy atom. The molecule has 1 atom stereocenters. The molecule has 6 nitrogen and oxygen atoms in total. The molecule has 1 heterocycles. The van der Waals surface area contributed by atoms with E-state index in [-0.39, 0.29) is 29.5 Å². The van der Waals surface area contributed by atoms with Gasteiger partial charge in [-0.1, -0.05) is 18.2 Å². The fourth-order valence-corrected chi connectivity index (χ4v) is 3.26. The number of aryl methyl sites for hydroxylation is 1. The third-order valence-electron chi connectivity index (χ3n) is 5.07. The molecule has 2 aromatic rings. The van der Waals surface area contributed by atoms with Crippen LogP contribution in [-0.4, -0.2) is 29.9 Å². The predicted octanol–water partition coefficient (Wildman–Crippen LogP) is 3.02. The number of nitrogens with zero attached hydrogens (tertiary/aromatic N) is 2. The minimum Gasteiger partial charge on any atom is -0.496 e. The van der Waals surface area contributed by atoms with Gasteiger partial charge >= 0.3 is 0 Å². The Morgan fingerprint density at radius 3 is 2.63 bits per heavy atom. The Hall–Kier alpha value is -3.07. The van der Waals surface area contributed by atoms with E-state index in [2.05, 4.69) is 4.98 Å². The van der Waals surface area contributed by atoms with Gasteiger partial charge < -0.3 is 14.6 Å². The van der Waals surface area contributed by atoms with Crippen LogP contribution in [0, 0.1) is 25.2 Å². The minimum absolute atomic E-state index is 0.0167. The number of aromatic nitrogens is 1. The Morgan fingerprint density at radius 1 is 1.33 bits per heavy atom. The van der Waals surface area contributed by atoms with Gasteiger partial charge in [0.05, 0.1) is 13.2 Å². The number of carbonyl (C=O) groups is 1. The summed E-state index contributed by atoms with van der Waals surface area (Å²) in [4.78, 5) is 28.9. The second-order valence-corrected chi connectivity index (χ2v) is 6.59. The predicted molar refractivity (Wildman–Crippen MR) is 104 cm³/mol. The summed E-state index contributed by atoms with van der Waals surface area (Å²) in [6.45, 7) is 5.50. The largest absolute Gasteiger partial charge is 0.496 e. The van der Waals surface area contributed by atoms with E-state index in [0.717, 1.165) is 16.9 Å². The van der Waals surface area contributed by atoms with Crippen molar-refractivity contribution in [1.29, 1.82) is 5.26 Å². The minimum atomic E-state index is -0.385. The van der Waals surface area contributed by atoms with Gasteiger partial charge in [0.15, 0.2) is 0 Å². The summed E-state index contributed by atoms with van der Waals surface area (Å²) >= 11 is 0. The lowest BCUT2D eigenvalue weighted by molar-refractivity contribution is -0.131. The normalized spacial score (nSPS) is 11.6. The first-order chi connectivity index (χ1) is 12.8. The maximum Gasteiger partial charge on any atom is 0.266 e. The molecule has 1 unspecified atom stereocenters. The highest BCUT2D eigenvalue weighted by molar-refractivity contribution is 5.77. The van der Waals surface area contributed by atoms with Crippen LogP contribution in [0.15, 0.2) is 29.1 Å². The number of carbonyl (C=O) groups excluding carboxylic acids is 1. The quantitative estimate of drug-likeness (QED) is 0.850. The topological polar surface area (TPSA) is 86.2 Å². The summed E-state index contributed by atoms with van der Waals surface area (Å²) < 4.78 is 5.39. The number of rotatable bonds is 6. The summed E-state index contributed by atoms with van der Waals surface area (Å²) in [5, 5.41) is 9.17. The van der Waals surface area contributed by atoms with E-state index in [4.69, 9.17) is 4.74 Å². The van der Waals surface area contributed by atoms with Crippen molar-refractivity contribution in [2.75, 3.05) is 14.2 Å². The molecular weight excluding hydrogens is 342 g/mol. The summed E-state index contributed by atoms with van der Waals surface area (Å²) in [5.74, 6) is 0.729. The zero-order valence-corrected chi connectivity index (χ0v) is 16.4. The van der Waals surface area contributed by atoms with Crippen LogP contribution in [0.25, 0.3) is 0 Å². The molecule has 0 saturated heterocycles. The molecule has 0 bridgehead atoms. The average Bonchev–Trinajstić information content (AvgIpc) is 2.66. The highest BCUT2D eigenvalue weighted by atomic mass is 16.5. The molecule has 1 aromatic heterocycles. The van der Waals surface area contributed by atoms with E-state index in [1.807, 2.05) is 37.3 Å². The van der Waals surface area contributed by atoms with Crippen LogP contribution in [0.2, 0.25) is 0 Å². The van der Waals surface area contributed by atoms with Crippen molar-refractivity contribution >= 4 is 5.91 Å². The van der Waals surface area contributed by atoms with E-state index >= 15 is 0 Å². The molecule has 0 saturated carbocycles. The van der Waals surface area contributed by atoms with Crippen LogP contribution in [0.4, 0.5) is 0 Å². The first-order valence-corrected chi connectivity index (χ1v) is 8.82. The molecular formula is C21H25N3O3. The first kappa shape index (κ1) is 20.2. The SMILES string of the molecule is COc1ccccc1C(C)N(C)C(=O)CCc1c(C)[nH]c(=O)c(C#N)c1C. The number of para-hydroxylation sites is 1. The maximum atomic E-state index is 12.7. The molecule has 0 radical (unpaired) electrons. The molecule has 0 aliphatic rings. The summed E-state index contributed by atoms with van der Waals surface area (Å²) in [6, 6.07) is 9.44. The van der Waals surface area contributed by atoms with Crippen LogP contribution in [0.3, 0.4) is 0 Å². The molecule has 6 heteroatoms. The van der Waals surface area contributed by atoms with Crippen LogP contribution in [0.5, 0.6) is 5.75 Å². The first-order valence-electron chi connectivity index (χ1n) is 8.82. The van der Waals surface area contributed by atoms with Gasteiger partial charge in [-0.25, -0.2) is 0 Å². The van der Waals surface area contributed by atoms with Crippen molar-refractivity contribution in [2.24, 2.45) is 0 Å². The Balaban J connectivity index is 2.16. The number of ether oxygens (including phenoxy) is 1. The van der Waals surface area contributed by atoms with Crippen molar-refractivity contribution in [1.82, 2.24) is 9.88 Å². The molecule has 142 valence electrons.